The summed E-state index contributed by atoms with van der Waals surface area (Å²) in [6.07, 6.45) is -25.0. The van der Waals surface area contributed by atoms with Crippen molar-refractivity contribution in [1.29, 1.82) is 10.5 Å². The number of hydrogen-bond donors (Lipinski definition) is 0. The van der Waals surface area contributed by atoms with Crippen LogP contribution in [-0.2, 0) is 24.7 Å². The zero-order valence-electron chi connectivity index (χ0n) is 27.4. The molecule has 0 atom stereocenters. The van der Waals surface area contributed by atoms with Gasteiger partial charge in [-0.05, 0) is 43.1 Å². The molecule has 0 radical (unpaired) electrons. The predicted molar refractivity (Wildman–Crippen MR) is 152 cm³/mol. The van der Waals surface area contributed by atoms with Gasteiger partial charge in [-0.15, -0.1) is 0 Å². The summed E-state index contributed by atoms with van der Waals surface area (Å²) in [7, 11) is 0. The van der Waals surface area contributed by atoms with Crippen molar-refractivity contribution in [3.8, 4) is 12.1 Å². The zero-order chi connectivity index (χ0) is 44.0. The molecule has 1 aliphatic rings. The molecule has 0 bridgehead atoms. The molecule has 0 N–H and O–H groups in total. The van der Waals surface area contributed by atoms with Crippen molar-refractivity contribution in [1.82, 2.24) is 0 Å². The predicted octanol–water partition coefficient (Wildman–Crippen LogP) is 12.4. The van der Waals surface area contributed by atoms with Gasteiger partial charge in [-0.25, -0.2) is 40.0 Å². The van der Waals surface area contributed by atoms with Crippen LogP contribution in [0.2, 0.25) is 0 Å². The van der Waals surface area contributed by atoms with Crippen molar-refractivity contribution in [2.45, 2.75) is 45.5 Å². The highest BCUT2D eigenvalue weighted by Gasteiger charge is 2.52. The first-order valence-corrected chi connectivity index (χ1v) is 14.4. The summed E-state index contributed by atoms with van der Waals surface area (Å²) in [4.78, 5) is 2.51. The van der Waals surface area contributed by atoms with Gasteiger partial charge in [-0.2, -0.15) is 63.2 Å². The van der Waals surface area contributed by atoms with Crippen LogP contribution < -0.4 is 0 Å². The SMILES string of the molecule is [C-]#[N+]C(=C1C(=C(C#N)c2c(F)c(C(F)(F)F)c(C)c(F)c2C(F)(F)F)C1=C(C#N)c1c(F)c(C)c(F)c(F)c1C(F)(F)F)c1c(C)c(F)c(F)c(C(F)(F)F)c1F. The van der Waals surface area contributed by atoms with Crippen LogP contribution >= 0.6 is 0 Å². The average molecular weight is 839 g/mol. The summed E-state index contributed by atoms with van der Waals surface area (Å²) in [5.74, 6) is -22.9. The molecule has 0 spiro atoms. The summed E-state index contributed by atoms with van der Waals surface area (Å²) in [5, 5.41) is 20.0. The Morgan fingerprint density at radius 1 is 0.421 bits per heavy atom. The normalized spacial score (nSPS) is 16.2. The molecule has 4 rings (SSSR count). The van der Waals surface area contributed by atoms with Gasteiger partial charge in [0.1, 0.15) is 52.1 Å². The van der Waals surface area contributed by atoms with E-state index in [0.717, 1.165) is 6.07 Å². The first-order chi connectivity index (χ1) is 25.9. The molecule has 23 heteroatoms. The number of halogens is 20. The Balaban J connectivity index is 2.54. The molecule has 3 aromatic rings. The Hall–Kier alpha value is -6.05. The smallest absolute Gasteiger partial charge is 0.237 e. The maximum Gasteiger partial charge on any atom is 0.422 e. The van der Waals surface area contributed by atoms with E-state index in [9.17, 15) is 80.8 Å². The van der Waals surface area contributed by atoms with E-state index in [-0.39, 0.29) is 20.8 Å². The number of hydrogen-bond acceptors (Lipinski definition) is 2. The van der Waals surface area contributed by atoms with E-state index in [1.54, 1.807) is 0 Å². The van der Waals surface area contributed by atoms with Crippen molar-refractivity contribution in [2.75, 3.05) is 0 Å². The topological polar surface area (TPSA) is 51.9 Å². The second-order valence-corrected chi connectivity index (χ2v) is 11.6. The number of rotatable bonds is 3. The zero-order valence-corrected chi connectivity index (χ0v) is 27.4. The molecule has 0 aromatic heterocycles. The molecular weight excluding hydrogens is 830 g/mol. The van der Waals surface area contributed by atoms with E-state index in [1.807, 2.05) is 0 Å². The van der Waals surface area contributed by atoms with Gasteiger partial charge in [0.05, 0.1) is 23.3 Å². The molecule has 0 aliphatic heterocycles. The van der Waals surface area contributed by atoms with Crippen LogP contribution in [0.1, 0.15) is 55.6 Å². The van der Waals surface area contributed by atoms with Gasteiger partial charge in [0.2, 0.25) is 5.70 Å². The van der Waals surface area contributed by atoms with Crippen LogP contribution in [0.25, 0.3) is 21.7 Å². The van der Waals surface area contributed by atoms with Crippen molar-refractivity contribution in [3.05, 3.63) is 130 Å². The third kappa shape index (κ3) is 6.80. The Labute approximate surface area is 303 Å². The van der Waals surface area contributed by atoms with Crippen molar-refractivity contribution in [2.24, 2.45) is 0 Å². The van der Waals surface area contributed by atoms with Crippen molar-refractivity contribution < 1.29 is 87.8 Å². The average Bonchev–Trinajstić information content (AvgIpc) is 3.77. The van der Waals surface area contributed by atoms with Crippen LogP contribution in [0, 0.1) is 96.5 Å². The van der Waals surface area contributed by atoms with Gasteiger partial charge >= 0.3 is 24.7 Å². The molecule has 0 heterocycles. The number of nitrogens with zero attached hydrogens (tertiary/aromatic N) is 3. The van der Waals surface area contributed by atoms with Gasteiger partial charge in [-0.1, -0.05) is 0 Å². The van der Waals surface area contributed by atoms with Gasteiger partial charge in [0.15, 0.2) is 23.3 Å². The molecular formula is C34H9F20N3. The highest BCUT2D eigenvalue weighted by Crippen LogP contribution is 2.60. The second kappa shape index (κ2) is 13.9. The Morgan fingerprint density at radius 3 is 1.16 bits per heavy atom. The lowest BCUT2D eigenvalue weighted by atomic mass is 9.90. The highest BCUT2D eigenvalue weighted by atomic mass is 19.4. The minimum absolute atomic E-state index is 0.0299. The maximum absolute atomic E-state index is 15.8. The molecule has 0 saturated heterocycles. The summed E-state index contributed by atoms with van der Waals surface area (Å²) in [6.45, 7) is 7.93. The Morgan fingerprint density at radius 2 is 0.772 bits per heavy atom. The number of nitriles is 2. The monoisotopic (exact) mass is 839 g/mol. The van der Waals surface area contributed by atoms with Gasteiger partial charge < -0.3 is 0 Å². The van der Waals surface area contributed by atoms with Crippen LogP contribution in [0.4, 0.5) is 87.8 Å². The largest absolute Gasteiger partial charge is 0.422 e. The van der Waals surface area contributed by atoms with Gasteiger partial charge in [0.25, 0.3) is 0 Å². The first-order valence-electron chi connectivity index (χ1n) is 14.4. The van der Waals surface area contributed by atoms with E-state index in [4.69, 9.17) is 6.57 Å². The molecule has 3 nitrogen and oxygen atoms in total. The van der Waals surface area contributed by atoms with E-state index < -0.39 is 160 Å². The highest BCUT2D eigenvalue weighted by molar-refractivity contribution is 6.12. The van der Waals surface area contributed by atoms with Crippen LogP contribution in [-0.4, -0.2) is 0 Å². The molecule has 57 heavy (non-hydrogen) atoms. The number of alkyl halides is 12. The molecule has 3 aromatic carbocycles. The lowest BCUT2D eigenvalue weighted by Gasteiger charge is -2.20. The summed E-state index contributed by atoms with van der Waals surface area (Å²) in [5.41, 5.74) is -37.3. The Kier molecular flexibility index (Phi) is 10.6. The fraction of sp³-hybridized carbons (Fsp3) is 0.206. The summed E-state index contributed by atoms with van der Waals surface area (Å²) < 4.78 is 289. The molecule has 1 saturated carbocycles. The van der Waals surface area contributed by atoms with Crippen LogP contribution in [0.3, 0.4) is 0 Å². The fourth-order valence-electron chi connectivity index (χ4n) is 5.86. The van der Waals surface area contributed by atoms with Crippen LogP contribution in [0.5, 0.6) is 0 Å². The maximum atomic E-state index is 15.8. The lowest BCUT2D eigenvalue weighted by Crippen LogP contribution is -2.21. The number of allylic oxidation sites excluding steroid dienone is 5. The third-order valence-corrected chi connectivity index (χ3v) is 8.34. The Bertz CT molecular complexity index is 2540. The first kappa shape index (κ1) is 43.7. The van der Waals surface area contributed by atoms with E-state index in [0.29, 0.717) is 6.07 Å². The summed E-state index contributed by atoms with van der Waals surface area (Å²) in [6, 6.07) is 1.34. The minimum Gasteiger partial charge on any atom is -0.237 e. The fourth-order valence-corrected chi connectivity index (χ4v) is 5.86. The molecule has 0 amide bonds. The minimum atomic E-state index is -6.35. The van der Waals surface area contributed by atoms with Gasteiger partial charge in [0, 0.05) is 27.8 Å². The summed E-state index contributed by atoms with van der Waals surface area (Å²) >= 11 is 0. The molecule has 300 valence electrons. The number of benzene rings is 3. The van der Waals surface area contributed by atoms with Gasteiger partial charge in [-0.3, -0.25) is 0 Å². The van der Waals surface area contributed by atoms with E-state index in [2.05, 4.69) is 4.85 Å². The van der Waals surface area contributed by atoms with Crippen molar-refractivity contribution >= 4 is 16.8 Å². The quantitative estimate of drug-likeness (QED) is 0.114. The lowest BCUT2D eigenvalue weighted by molar-refractivity contribution is -0.145. The van der Waals surface area contributed by atoms with Crippen molar-refractivity contribution in [3.63, 3.8) is 0 Å². The standard InChI is InChI=1S/C34H9F20N3/c1-7-12(26(39)21(34(52,53)54)29(42)24(7)37)30(57-4)17-13(10(5-55)15-20(33(49,50)51)28(41)25(38)9(3)22(15)35)14(17)11(6-56)16-19(32(46,47)48)23(36)8(2)18(27(16)40)31(43,44)45/h1-3H3. The van der Waals surface area contributed by atoms with Crippen LogP contribution in [0.15, 0.2) is 16.7 Å². The molecule has 1 fully saturated rings. The van der Waals surface area contributed by atoms with E-state index >= 15 is 17.6 Å². The molecule has 0 unspecified atom stereocenters. The third-order valence-electron chi connectivity index (χ3n) is 8.34. The molecule has 1 aliphatic carbocycles. The van der Waals surface area contributed by atoms with E-state index in [1.165, 1.54) is 0 Å². The second-order valence-electron chi connectivity index (χ2n) is 11.6.